The zero-order valence-electron chi connectivity index (χ0n) is 8.79. The van der Waals surface area contributed by atoms with E-state index in [-0.39, 0.29) is 11.5 Å². The molecule has 0 fully saturated rings. The monoisotopic (exact) mass is 298 g/mol. The minimum atomic E-state index is -0.517. The number of hydrogen-bond donors (Lipinski definition) is 0. The Morgan fingerprint density at radius 1 is 0.941 bits per heavy atom. The van der Waals surface area contributed by atoms with Crippen LogP contribution in [0.5, 0.6) is 11.5 Å². The number of para-hydroxylation sites is 1. The molecule has 2 rings (SSSR count). The Kier molecular flexibility index (Phi) is 3.74. The van der Waals surface area contributed by atoms with E-state index in [4.69, 9.17) is 4.74 Å². The van der Waals surface area contributed by atoms with Gasteiger partial charge in [-0.1, -0.05) is 34.1 Å². The minimum absolute atomic E-state index is 0.0122. The lowest BCUT2D eigenvalue weighted by Gasteiger charge is -2.08. The maximum Gasteiger partial charge on any atom is 0.165 e. The summed E-state index contributed by atoms with van der Waals surface area (Å²) in [5.41, 5.74) is 0.859. The van der Waals surface area contributed by atoms with Gasteiger partial charge >= 0.3 is 0 Å². The molecule has 0 amide bonds. The Labute approximate surface area is 106 Å². The van der Waals surface area contributed by atoms with Gasteiger partial charge in [-0.05, 0) is 29.8 Å². The highest BCUT2D eigenvalue weighted by Gasteiger charge is 2.08. The zero-order chi connectivity index (χ0) is 12.3. The molecule has 0 aliphatic heterocycles. The van der Waals surface area contributed by atoms with Crippen LogP contribution in [0, 0.1) is 11.6 Å². The van der Waals surface area contributed by atoms with Crippen molar-refractivity contribution in [2.75, 3.05) is 0 Å². The van der Waals surface area contributed by atoms with E-state index in [2.05, 4.69) is 15.9 Å². The smallest absolute Gasteiger partial charge is 0.165 e. The molecule has 0 aromatic heterocycles. The van der Waals surface area contributed by atoms with Crippen molar-refractivity contribution in [3.8, 4) is 11.5 Å². The fraction of sp³-hybridized carbons (Fsp3) is 0.0769. The Bertz CT molecular complexity index is 529. The van der Waals surface area contributed by atoms with Crippen LogP contribution in [0.3, 0.4) is 0 Å². The van der Waals surface area contributed by atoms with Gasteiger partial charge < -0.3 is 4.74 Å². The predicted octanol–water partition coefficient (Wildman–Crippen LogP) is 4.65. The van der Waals surface area contributed by atoms with Gasteiger partial charge in [0.15, 0.2) is 23.1 Å². The van der Waals surface area contributed by atoms with Crippen molar-refractivity contribution in [1.82, 2.24) is 0 Å². The van der Waals surface area contributed by atoms with Gasteiger partial charge in [-0.2, -0.15) is 0 Å². The SMILES string of the molecule is Fc1ccccc1Oc1cc(CBr)ccc1F. The third kappa shape index (κ3) is 2.82. The molecule has 17 heavy (non-hydrogen) atoms. The first-order chi connectivity index (χ1) is 8.20. The van der Waals surface area contributed by atoms with E-state index in [0.29, 0.717) is 5.33 Å². The predicted molar refractivity (Wildman–Crippen MR) is 65.5 cm³/mol. The third-order valence-corrected chi connectivity index (χ3v) is 2.85. The van der Waals surface area contributed by atoms with E-state index in [9.17, 15) is 8.78 Å². The van der Waals surface area contributed by atoms with Gasteiger partial charge in [0.05, 0.1) is 0 Å². The zero-order valence-corrected chi connectivity index (χ0v) is 10.4. The molecular formula is C13H9BrF2O. The van der Waals surface area contributed by atoms with Crippen LogP contribution < -0.4 is 4.74 Å². The van der Waals surface area contributed by atoms with Gasteiger partial charge in [-0.3, -0.25) is 0 Å². The summed E-state index contributed by atoms with van der Waals surface area (Å²) in [4.78, 5) is 0. The largest absolute Gasteiger partial charge is 0.451 e. The van der Waals surface area contributed by atoms with Gasteiger partial charge in [0.2, 0.25) is 0 Å². The third-order valence-electron chi connectivity index (χ3n) is 2.21. The molecule has 0 aliphatic rings. The van der Waals surface area contributed by atoms with Crippen molar-refractivity contribution >= 4 is 15.9 Å². The fourth-order valence-electron chi connectivity index (χ4n) is 1.36. The van der Waals surface area contributed by atoms with Crippen LogP contribution in [0.2, 0.25) is 0 Å². The van der Waals surface area contributed by atoms with Crippen molar-refractivity contribution < 1.29 is 13.5 Å². The summed E-state index contributed by atoms with van der Waals surface area (Å²) >= 11 is 3.26. The maximum absolute atomic E-state index is 13.5. The van der Waals surface area contributed by atoms with Crippen LogP contribution in [0.25, 0.3) is 0 Å². The van der Waals surface area contributed by atoms with Crippen LogP contribution >= 0.6 is 15.9 Å². The van der Waals surface area contributed by atoms with Crippen molar-refractivity contribution in [3.05, 3.63) is 59.7 Å². The lowest BCUT2D eigenvalue weighted by Crippen LogP contribution is -1.92. The molecule has 0 radical (unpaired) electrons. The Morgan fingerprint density at radius 2 is 1.65 bits per heavy atom. The highest BCUT2D eigenvalue weighted by molar-refractivity contribution is 9.08. The van der Waals surface area contributed by atoms with Crippen LogP contribution in [-0.4, -0.2) is 0 Å². The first-order valence-corrected chi connectivity index (χ1v) is 6.09. The van der Waals surface area contributed by atoms with Crippen LogP contribution in [0.4, 0.5) is 8.78 Å². The number of alkyl halides is 1. The second kappa shape index (κ2) is 5.27. The van der Waals surface area contributed by atoms with Gasteiger partial charge in [-0.25, -0.2) is 8.78 Å². The molecule has 0 spiro atoms. The van der Waals surface area contributed by atoms with Crippen molar-refractivity contribution in [2.45, 2.75) is 5.33 Å². The summed E-state index contributed by atoms with van der Waals surface area (Å²) in [5.74, 6) is -1.00. The molecule has 0 N–H and O–H groups in total. The van der Waals surface area contributed by atoms with E-state index in [1.54, 1.807) is 18.2 Å². The summed E-state index contributed by atoms with van der Waals surface area (Å²) in [6.07, 6.45) is 0. The normalized spacial score (nSPS) is 10.3. The molecule has 1 nitrogen and oxygen atoms in total. The molecular weight excluding hydrogens is 290 g/mol. The number of ether oxygens (including phenoxy) is 1. The van der Waals surface area contributed by atoms with Gasteiger partial charge in [0.1, 0.15) is 0 Å². The molecule has 0 heterocycles. The van der Waals surface area contributed by atoms with Crippen molar-refractivity contribution in [2.24, 2.45) is 0 Å². The number of rotatable bonds is 3. The van der Waals surface area contributed by atoms with Crippen LogP contribution in [0.15, 0.2) is 42.5 Å². The molecule has 4 heteroatoms. The summed E-state index contributed by atoms with van der Waals surface area (Å²) in [6, 6.07) is 10.4. The molecule has 0 aliphatic carbocycles. The average molecular weight is 299 g/mol. The summed E-state index contributed by atoms with van der Waals surface area (Å²) in [6.45, 7) is 0. The van der Waals surface area contributed by atoms with E-state index in [0.717, 1.165) is 5.56 Å². The fourth-order valence-corrected chi connectivity index (χ4v) is 1.70. The molecule has 0 saturated heterocycles. The Hall–Kier alpha value is -1.42. The van der Waals surface area contributed by atoms with E-state index in [1.165, 1.54) is 24.3 Å². The Balaban J connectivity index is 2.32. The second-order valence-corrected chi connectivity index (χ2v) is 3.99. The summed E-state index contributed by atoms with van der Waals surface area (Å²) in [5, 5.41) is 0.584. The van der Waals surface area contributed by atoms with Crippen molar-refractivity contribution in [3.63, 3.8) is 0 Å². The molecule has 0 unspecified atom stereocenters. The minimum Gasteiger partial charge on any atom is -0.451 e. The van der Waals surface area contributed by atoms with Gasteiger partial charge in [-0.15, -0.1) is 0 Å². The number of hydrogen-bond acceptors (Lipinski definition) is 1. The lowest BCUT2D eigenvalue weighted by atomic mass is 10.2. The molecule has 88 valence electrons. The van der Waals surface area contributed by atoms with Crippen LogP contribution in [-0.2, 0) is 5.33 Å². The molecule has 2 aromatic carbocycles. The summed E-state index contributed by atoms with van der Waals surface area (Å²) < 4.78 is 32.0. The highest BCUT2D eigenvalue weighted by atomic mass is 79.9. The summed E-state index contributed by atoms with van der Waals surface area (Å²) in [7, 11) is 0. The van der Waals surface area contributed by atoms with E-state index >= 15 is 0 Å². The molecule has 2 aromatic rings. The average Bonchev–Trinajstić information content (AvgIpc) is 2.35. The first kappa shape index (κ1) is 12.0. The van der Waals surface area contributed by atoms with E-state index < -0.39 is 11.6 Å². The van der Waals surface area contributed by atoms with Crippen LogP contribution in [0.1, 0.15) is 5.56 Å². The lowest BCUT2D eigenvalue weighted by molar-refractivity contribution is 0.414. The maximum atomic E-state index is 13.5. The quantitative estimate of drug-likeness (QED) is 0.749. The van der Waals surface area contributed by atoms with Crippen molar-refractivity contribution in [1.29, 1.82) is 0 Å². The molecule has 0 bridgehead atoms. The first-order valence-electron chi connectivity index (χ1n) is 4.97. The van der Waals surface area contributed by atoms with E-state index in [1.807, 2.05) is 0 Å². The van der Waals surface area contributed by atoms with Gasteiger partial charge in [0.25, 0.3) is 0 Å². The molecule has 0 saturated carbocycles. The Morgan fingerprint density at radius 3 is 2.35 bits per heavy atom. The standard InChI is InChI=1S/C13H9BrF2O/c14-8-9-5-6-11(16)13(7-9)17-12-4-2-1-3-10(12)15/h1-7H,8H2. The number of halogens is 3. The number of benzene rings is 2. The second-order valence-electron chi connectivity index (χ2n) is 3.43. The van der Waals surface area contributed by atoms with Gasteiger partial charge in [0, 0.05) is 5.33 Å². The topological polar surface area (TPSA) is 9.23 Å². The highest BCUT2D eigenvalue weighted by Crippen LogP contribution is 2.27. The molecule has 0 atom stereocenters.